The predicted octanol–water partition coefficient (Wildman–Crippen LogP) is 6.43. The van der Waals surface area contributed by atoms with E-state index in [9.17, 15) is 14.7 Å². The summed E-state index contributed by atoms with van der Waals surface area (Å²) in [4.78, 5) is 29.2. The molecule has 0 aliphatic carbocycles. The van der Waals surface area contributed by atoms with Crippen molar-refractivity contribution in [2.24, 2.45) is 0 Å². The van der Waals surface area contributed by atoms with Crippen LogP contribution in [0.5, 0.6) is 11.5 Å². The summed E-state index contributed by atoms with van der Waals surface area (Å²) in [6.45, 7) is 7.86. The van der Waals surface area contributed by atoms with Gasteiger partial charge in [0.1, 0.15) is 23.3 Å². The van der Waals surface area contributed by atoms with E-state index in [1.807, 2.05) is 75.4 Å². The number of allylic oxidation sites excluding steroid dienone is 2. The zero-order chi connectivity index (χ0) is 30.1. The predicted molar refractivity (Wildman–Crippen MR) is 161 cm³/mol. The van der Waals surface area contributed by atoms with Crippen LogP contribution in [-0.4, -0.2) is 40.6 Å². The quantitative estimate of drug-likeness (QED) is 0.132. The van der Waals surface area contributed by atoms with E-state index in [1.165, 1.54) is 6.08 Å². The van der Waals surface area contributed by atoms with Gasteiger partial charge in [-0.15, -0.1) is 0 Å². The number of carboxylic acid groups (broad SMARTS) is 1. The number of hydrogen-bond acceptors (Lipinski definition) is 7. The smallest absolute Gasteiger partial charge is 0.326 e. The van der Waals surface area contributed by atoms with Gasteiger partial charge in [0.25, 0.3) is 0 Å². The van der Waals surface area contributed by atoms with Crippen LogP contribution in [0.4, 0.5) is 0 Å². The van der Waals surface area contributed by atoms with E-state index in [-0.39, 0.29) is 18.3 Å². The van der Waals surface area contributed by atoms with Gasteiger partial charge in [-0.1, -0.05) is 30.3 Å². The molecule has 8 nitrogen and oxygen atoms in total. The molecule has 4 rings (SSSR count). The van der Waals surface area contributed by atoms with Crippen LogP contribution >= 0.6 is 0 Å². The monoisotopic (exact) mass is 568 g/mol. The third-order valence-corrected chi connectivity index (χ3v) is 6.44. The molecule has 0 spiro atoms. The number of aliphatic carboxylic acids is 1. The van der Waals surface area contributed by atoms with Gasteiger partial charge in [-0.05, 0) is 81.8 Å². The van der Waals surface area contributed by atoms with E-state index in [0.29, 0.717) is 41.7 Å². The second kappa shape index (κ2) is 14.2. The molecular formula is C34H36N2O6. The van der Waals surface area contributed by atoms with E-state index >= 15 is 0 Å². The Morgan fingerprint density at radius 2 is 1.64 bits per heavy atom. The fraction of sp³-hybridized carbons (Fsp3) is 0.265. The third kappa shape index (κ3) is 8.57. The highest BCUT2D eigenvalue weighted by Gasteiger charge is 2.18. The molecule has 1 atom stereocenters. The van der Waals surface area contributed by atoms with Crippen molar-refractivity contribution in [2.75, 3.05) is 6.61 Å². The average Bonchev–Trinajstić information content (AvgIpc) is 3.34. The van der Waals surface area contributed by atoms with Crippen LogP contribution in [0.25, 0.3) is 11.5 Å². The Balaban J connectivity index is 1.29. The summed E-state index contributed by atoms with van der Waals surface area (Å²) in [6, 6.07) is 23.0. The first-order valence-electron chi connectivity index (χ1n) is 13.9. The number of benzene rings is 3. The van der Waals surface area contributed by atoms with Gasteiger partial charge in [0, 0.05) is 35.7 Å². The summed E-state index contributed by atoms with van der Waals surface area (Å²) in [5.41, 5.74) is 3.55. The van der Waals surface area contributed by atoms with Crippen molar-refractivity contribution in [3.63, 3.8) is 0 Å². The molecule has 0 aliphatic rings. The lowest BCUT2D eigenvalue weighted by Crippen LogP contribution is -2.37. The van der Waals surface area contributed by atoms with Crippen LogP contribution in [0.3, 0.4) is 0 Å². The molecule has 1 aromatic heterocycles. The number of ether oxygens (including phenoxy) is 2. The molecule has 2 N–H and O–H groups in total. The van der Waals surface area contributed by atoms with Crippen LogP contribution in [-0.2, 0) is 17.6 Å². The second-order valence-corrected chi connectivity index (χ2v) is 10.3. The molecule has 1 heterocycles. The Hall–Kier alpha value is -4.85. The fourth-order valence-corrected chi connectivity index (χ4v) is 4.35. The number of nitrogens with one attached hydrogen (secondary N) is 1. The molecule has 0 radical (unpaired) electrons. The summed E-state index contributed by atoms with van der Waals surface area (Å²) in [5.74, 6) is 1.48. The first-order valence-corrected chi connectivity index (χ1v) is 13.9. The number of aryl methyl sites for hydroxylation is 1. The number of hydrogen-bond donors (Lipinski definition) is 2. The van der Waals surface area contributed by atoms with Crippen molar-refractivity contribution in [2.45, 2.75) is 52.7 Å². The number of aromatic nitrogens is 1. The molecule has 3 aromatic carbocycles. The van der Waals surface area contributed by atoms with Gasteiger partial charge in [0.05, 0.1) is 18.4 Å². The van der Waals surface area contributed by atoms with Gasteiger partial charge < -0.3 is 24.3 Å². The van der Waals surface area contributed by atoms with E-state index in [4.69, 9.17) is 13.9 Å². The molecule has 0 fully saturated rings. The summed E-state index contributed by atoms with van der Waals surface area (Å²) >= 11 is 0. The lowest BCUT2D eigenvalue weighted by atomic mass is 10.0. The number of carbonyl (C=O) groups excluding carboxylic acids is 1. The summed E-state index contributed by atoms with van der Waals surface area (Å²) in [5, 5.41) is 12.7. The average molecular weight is 569 g/mol. The van der Waals surface area contributed by atoms with Gasteiger partial charge in [-0.3, -0.25) is 4.79 Å². The maximum atomic E-state index is 12.7. The highest BCUT2D eigenvalue weighted by atomic mass is 16.5. The third-order valence-electron chi connectivity index (χ3n) is 6.44. The normalized spacial score (nSPS) is 12.2. The van der Waals surface area contributed by atoms with Crippen LogP contribution in [0.2, 0.25) is 0 Å². The van der Waals surface area contributed by atoms with Gasteiger partial charge in [-0.25, -0.2) is 9.78 Å². The topological polar surface area (TPSA) is 111 Å². The van der Waals surface area contributed by atoms with Crippen molar-refractivity contribution < 1.29 is 28.6 Å². The van der Waals surface area contributed by atoms with Crippen molar-refractivity contribution in [1.29, 1.82) is 0 Å². The maximum Gasteiger partial charge on any atom is 0.326 e. The fourth-order valence-electron chi connectivity index (χ4n) is 4.35. The first kappa shape index (κ1) is 30.1. The van der Waals surface area contributed by atoms with Crippen molar-refractivity contribution in [1.82, 2.24) is 10.3 Å². The van der Waals surface area contributed by atoms with Crippen molar-refractivity contribution in [3.05, 3.63) is 113 Å². The van der Waals surface area contributed by atoms with E-state index in [2.05, 4.69) is 10.3 Å². The van der Waals surface area contributed by atoms with Crippen LogP contribution < -0.4 is 14.8 Å². The first-order chi connectivity index (χ1) is 20.2. The number of carboxylic acids is 1. The molecular weight excluding hydrogens is 532 g/mol. The highest BCUT2D eigenvalue weighted by molar-refractivity contribution is 6.04. The summed E-state index contributed by atoms with van der Waals surface area (Å²) in [6.07, 6.45) is 2.27. The van der Waals surface area contributed by atoms with Crippen LogP contribution in [0, 0.1) is 6.92 Å². The van der Waals surface area contributed by atoms with Crippen molar-refractivity contribution >= 4 is 11.8 Å². The molecule has 4 aromatic rings. The number of carbonyl (C=O) groups is 2. The number of nitrogens with zero attached hydrogens (tertiary/aromatic N) is 1. The highest BCUT2D eigenvalue weighted by Crippen LogP contribution is 2.22. The minimum atomic E-state index is -1.01. The zero-order valence-corrected chi connectivity index (χ0v) is 24.3. The minimum Gasteiger partial charge on any atom is -0.493 e. The lowest BCUT2D eigenvalue weighted by molar-refractivity contribution is -0.139. The largest absolute Gasteiger partial charge is 0.493 e. The zero-order valence-electron chi connectivity index (χ0n) is 24.3. The van der Waals surface area contributed by atoms with Gasteiger partial charge in [0.15, 0.2) is 5.78 Å². The van der Waals surface area contributed by atoms with Gasteiger partial charge >= 0.3 is 5.97 Å². The molecule has 0 saturated carbocycles. The minimum absolute atomic E-state index is 0.0401. The van der Waals surface area contributed by atoms with Crippen LogP contribution in [0.1, 0.15) is 48.1 Å². The van der Waals surface area contributed by atoms with Gasteiger partial charge in [-0.2, -0.15) is 0 Å². The Morgan fingerprint density at radius 1 is 0.976 bits per heavy atom. The van der Waals surface area contributed by atoms with E-state index in [0.717, 1.165) is 22.6 Å². The Kier molecular flexibility index (Phi) is 10.2. The molecule has 0 amide bonds. The molecule has 42 heavy (non-hydrogen) atoms. The Bertz CT molecular complexity index is 1510. The molecule has 1 unspecified atom stereocenters. The molecule has 0 aliphatic heterocycles. The summed E-state index contributed by atoms with van der Waals surface area (Å²) < 4.78 is 17.3. The Morgan fingerprint density at radius 3 is 2.29 bits per heavy atom. The van der Waals surface area contributed by atoms with Gasteiger partial charge in [0.2, 0.25) is 5.89 Å². The molecule has 0 saturated heterocycles. The number of oxazole rings is 1. The molecule has 0 bridgehead atoms. The second-order valence-electron chi connectivity index (χ2n) is 10.3. The van der Waals surface area contributed by atoms with E-state index in [1.54, 1.807) is 31.2 Å². The van der Waals surface area contributed by atoms with Crippen LogP contribution in [0.15, 0.2) is 95.1 Å². The standard InChI is InChI=1S/C34H36N2O6/c1-22(2)41-29-16-12-26(13-17-29)32(37)20-23(3)35-31(34(38)39)21-25-10-14-28(15-11-25)40-19-18-30-24(4)42-33(36-30)27-8-6-5-7-9-27/h5-17,20,22,31,35H,18-19,21H2,1-4H3,(H,38,39)/b23-20-. The van der Waals surface area contributed by atoms with E-state index < -0.39 is 12.0 Å². The summed E-state index contributed by atoms with van der Waals surface area (Å²) in [7, 11) is 0. The van der Waals surface area contributed by atoms with Crippen molar-refractivity contribution in [3.8, 4) is 23.0 Å². The maximum absolute atomic E-state index is 12.7. The number of ketones is 1. The number of rotatable bonds is 14. The molecule has 218 valence electrons. The lowest BCUT2D eigenvalue weighted by Gasteiger charge is -2.16. The Labute approximate surface area is 246 Å². The SMILES string of the molecule is C/C(=C/C(=O)c1ccc(OC(C)C)cc1)NC(Cc1ccc(OCCc2nc(-c3ccccc3)oc2C)cc1)C(=O)O. The molecule has 8 heteroatoms.